The Balaban J connectivity index is 0. The van der Waals surface area contributed by atoms with Crippen LogP contribution in [-0.2, 0) is 35.2 Å². The maximum atomic E-state index is 10.4. The molecule has 0 bridgehead atoms. The van der Waals surface area contributed by atoms with Crippen LogP contribution in [0, 0.1) is 23.2 Å². The molecule has 10 atom stereocenters. The second-order valence-corrected chi connectivity index (χ2v) is 19.9. The minimum atomic E-state index is -1.17. The molecule has 0 spiro atoms. The SMILES string of the molecule is C=C1/C(=C\C=C2/CCC[C@]3(C)[C@@H]([C@H](C)CCCC(C)(C)O)CC[C@@H]23)C[C@@H](O)C[C@@H]1O.CC(=O)O.C[C@H](N)C(=O)O.NCCCC[C@H](N)C(=O)O.N[C@@H](CCC(=O)O)C(=O)O.N[C@@H](Cc1ccc(O)cc1)C(=O)O. The maximum Gasteiger partial charge on any atom is 0.320 e. The van der Waals surface area contributed by atoms with Crippen molar-refractivity contribution < 1.29 is 79.8 Å². The number of aliphatic hydroxyl groups excluding tert-OH is 2. The Kier molecular flexibility index (Phi) is 34.3. The molecule has 0 amide bonds. The summed E-state index contributed by atoms with van der Waals surface area (Å²) in [5.74, 6) is -3.68. The first-order chi connectivity index (χ1) is 33.7. The van der Waals surface area contributed by atoms with Crippen LogP contribution in [0.15, 0.2) is 59.7 Å². The average molecular weight is 1040 g/mol. The van der Waals surface area contributed by atoms with E-state index in [9.17, 15) is 39.3 Å². The Morgan fingerprint density at radius 2 is 1.32 bits per heavy atom. The first-order valence-electron chi connectivity index (χ1n) is 24.7. The van der Waals surface area contributed by atoms with E-state index < -0.39 is 77.8 Å². The van der Waals surface area contributed by atoms with Crippen LogP contribution in [0.3, 0.4) is 0 Å². The fourth-order valence-corrected chi connectivity index (χ4v) is 8.74. The highest BCUT2D eigenvalue weighted by molar-refractivity contribution is 5.75. The number of nitrogens with two attached hydrogens (primary N) is 5. The first kappa shape index (κ1) is 69.8. The lowest BCUT2D eigenvalue weighted by molar-refractivity contribution is -0.141. The predicted octanol–water partition coefficient (Wildman–Crippen LogP) is 4.35. The van der Waals surface area contributed by atoms with Crippen LogP contribution in [-0.4, -0.2) is 135 Å². The summed E-state index contributed by atoms with van der Waals surface area (Å²) in [6.07, 6.45) is 16.1. The molecule has 3 fully saturated rings. The minimum absolute atomic E-state index is 0.0231. The maximum absolute atomic E-state index is 10.4. The van der Waals surface area contributed by atoms with Crippen molar-refractivity contribution in [2.24, 2.45) is 51.8 Å². The minimum Gasteiger partial charge on any atom is -0.508 e. The van der Waals surface area contributed by atoms with Crippen LogP contribution >= 0.6 is 0 Å². The lowest BCUT2D eigenvalue weighted by Crippen LogP contribution is -2.36. The Labute approximate surface area is 430 Å². The van der Waals surface area contributed by atoms with E-state index in [1.54, 1.807) is 17.7 Å². The van der Waals surface area contributed by atoms with Gasteiger partial charge in [0.15, 0.2) is 0 Å². The zero-order chi connectivity index (χ0) is 56.8. The van der Waals surface area contributed by atoms with Gasteiger partial charge in [-0.05, 0) is 150 Å². The number of hydrogen-bond donors (Lipinski definition) is 15. The van der Waals surface area contributed by atoms with Gasteiger partial charge in [-0.2, -0.15) is 0 Å². The van der Waals surface area contributed by atoms with Crippen molar-refractivity contribution in [3.63, 3.8) is 0 Å². The molecule has 3 saturated carbocycles. The van der Waals surface area contributed by atoms with Crippen LogP contribution in [0.25, 0.3) is 0 Å². The van der Waals surface area contributed by atoms with Gasteiger partial charge in [0.25, 0.3) is 5.97 Å². The summed E-state index contributed by atoms with van der Waals surface area (Å²) in [6, 6.07) is 2.92. The molecule has 1 aromatic rings. The van der Waals surface area contributed by atoms with Crippen LogP contribution in [0.5, 0.6) is 5.75 Å². The number of benzene rings is 1. The standard InChI is InChI=1S/C27H44O3.C9H11NO3.C6H14N2O2.C5H9NO4.C3H7NO2.C2H4O2/c1-18(8-6-14-26(3,4)30)23-12-13-24-20(9-7-15-27(23,24)5)10-11-21-16-22(28)17-25(29)19(21)2;10-8(9(12)13)5-6-1-3-7(11)4-2-6;7-4-2-1-3-5(8)6(9)10;6-3(5(9)10)1-2-4(7)8;1-2(4)3(5)6;1-2(3)4/h10-11,18,22-25,28-30H,2,6-9,12-17H2,1,3-5H3;1-4,8,11H,5,10H2,(H,12,13);5H,1-4,7-8H2,(H,9,10);3H,1-2,6H2,(H,7,8)(H,9,10);2H,4H2,1H3,(H,5,6);1H3,(H,3,4)/b20-10+,21-11-;;;;;/t18-,22-,23-,24+,25+,27-;8-;5-;3-;2-;/m10000./s1. The number of carbonyl (C=O) groups is 6. The second-order valence-electron chi connectivity index (χ2n) is 19.9. The fourth-order valence-electron chi connectivity index (χ4n) is 8.74. The molecule has 0 heterocycles. The molecule has 0 aliphatic heterocycles. The monoisotopic (exact) mass is 1040 g/mol. The number of fused-ring (bicyclic) bond motifs is 1. The number of hydrogen-bond acceptors (Lipinski definition) is 15. The van der Waals surface area contributed by atoms with Gasteiger partial charge in [0.1, 0.15) is 29.9 Å². The number of aromatic hydroxyl groups is 1. The summed E-state index contributed by atoms with van der Waals surface area (Å²) in [7, 11) is 0. The molecule has 4 rings (SSSR count). The number of carboxylic acid groups (broad SMARTS) is 6. The molecule has 21 nitrogen and oxygen atoms in total. The quantitative estimate of drug-likeness (QED) is 0.0856. The third kappa shape index (κ3) is 31.2. The molecule has 21 heteroatoms. The van der Waals surface area contributed by atoms with E-state index in [1.165, 1.54) is 57.6 Å². The van der Waals surface area contributed by atoms with Gasteiger partial charge < -0.3 is 79.7 Å². The topological polar surface area (TPSA) is 435 Å². The van der Waals surface area contributed by atoms with Gasteiger partial charge in [-0.3, -0.25) is 28.8 Å². The van der Waals surface area contributed by atoms with Gasteiger partial charge in [-0.1, -0.05) is 69.5 Å². The molecule has 3 aliphatic rings. The molecular formula is C52H89N5O16. The molecule has 1 aromatic carbocycles. The van der Waals surface area contributed by atoms with E-state index in [4.69, 9.17) is 69.2 Å². The van der Waals surface area contributed by atoms with Crippen LogP contribution in [0.4, 0.5) is 0 Å². The van der Waals surface area contributed by atoms with Crippen molar-refractivity contribution >= 4 is 35.8 Å². The molecular weight excluding hydrogens is 951 g/mol. The molecule has 418 valence electrons. The Morgan fingerprint density at radius 3 is 1.78 bits per heavy atom. The van der Waals surface area contributed by atoms with E-state index >= 15 is 0 Å². The van der Waals surface area contributed by atoms with E-state index in [2.05, 4.69) is 32.6 Å². The number of carboxylic acids is 6. The summed E-state index contributed by atoms with van der Waals surface area (Å²) in [5.41, 5.74) is 29.5. The van der Waals surface area contributed by atoms with Crippen molar-refractivity contribution in [1.82, 2.24) is 0 Å². The number of unbranched alkanes of at least 4 members (excludes halogenated alkanes) is 1. The van der Waals surface area contributed by atoms with E-state index in [0.29, 0.717) is 43.1 Å². The number of phenols is 1. The highest BCUT2D eigenvalue weighted by Gasteiger charge is 2.50. The smallest absolute Gasteiger partial charge is 0.320 e. The summed E-state index contributed by atoms with van der Waals surface area (Å²) in [4.78, 5) is 59.0. The molecule has 73 heavy (non-hydrogen) atoms. The summed E-state index contributed by atoms with van der Waals surface area (Å²) < 4.78 is 0. The van der Waals surface area contributed by atoms with Crippen LogP contribution in [0.1, 0.15) is 143 Å². The fraction of sp³-hybridized carbons (Fsp3) is 0.654. The highest BCUT2D eigenvalue weighted by atomic mass is 16.4. The summed E-state index contributed by atoms with van der Waals surface area (Å²) >= 11 is 0. The number of rotatable bonds is 19. The second kappa shape index (κ2) is 35.8. The molecule has 0 unspecified atom stereocenters. The molecule has 0 aromatic heterocycles. The third-order valence-electron chi connectivity index (χ3n) is 12.8. The lowest BCUT2D eigenvalue weighted by atomic mass is 9.60. The van der Waals surface area contributed by atoms with Gasteiger partial charge >= 0.3 is 29.8 Å². The van der Waals surface area contributed by atoms with Gasteiger partial charge in [0, 0.05) is 19.8 Å². The number of allylic oxidation sites excluding steroid dienone is 3. The van der Waals surface area contributed by atoms with Crippen LogP contribution in [0.2, 0.25) is 0 Å². The van der Waals surface area contributed by atoms with Crippen molar-refractivity contribution in [1.29, 1.82) is 0 Å². The number of aliphatic carboxylic acids is 6. The zero-order valence-corrected chi connectivity index (χ0v) is 43.7. The molecule has 20 N–H and O–H groups in total. The summed E-state index contributed by atoms with van der Waals surface area (Å²) in [5, 5.41) is 87.6. The third-order valence-corrected chi connectivity index (χ3v) is 12.8. The van der Waals surface area contributed by atoms with Crippen molar-refractivity contribution in [3.8, 4) is 5.75 Å². The molecule has 3 aliphatic carbocycles. The normalized spacial score (nSPS) is 23.1. The lowest BCUT2D eigenvalue weighted by Gasteiger charge is -2.44. The van der Waals surface area contributed by atoms with Gasteiger partial charge in [-0.15, -0.1) is 0 Å². The Hall–Kier alpha value is -5.26. The largest absolute Gasteiger partial charge is 0.508 e. The predicted molar refractivity (Wildman–Crippen MR) is 277 cm³/mol. The highest BCUT2D eigenvalue weighted by Crippen LogP contribution is 2.60. The van der Waals surface area contributed by atoms with Gasteiger partial charge in [-0.25, -0.2) is 0 Å². The van der Waals surface area contributed by atoms with E-state index in [1.807, 2.05) is 13.8 Å². The first-order valence-corrected chi connectivity index (χ1v) is 24.7. The zero-order valence-electron chi connectivity index (χ0n) is 43.7. The van der Waals surface area contributed by atoms with E-state index in [-0.39, 0.29) is 25.0 Å². The van der Waals surface area contributed by atoms with Crippen molar-refractivity contribution in [2.75, 3.05) is 6.54 Å². The van der Waals surface area contributed by atoms with Gasteiger partial charge in [0.2, 0.25) is 0 Å². The molecule has 0 radical (unpaired) electrons. The molecule has 0 saturated heterocycles. The van der Waals surface area contributed by atoms with Crippen molar-refractivity contribution in [2.45, 2.75) is 186 Å². The summed E-state index contributed by atoms with van der Waals surface area (Å²) in [6.45, 7) is 15.9. The van der Waals surface area contributed by atoms with E-state index in [0.717, 1.165) is 55.2 Å². The van der Waals surface area contributed by atoms with Crippen molar-refractivity contribution in [3.05, 3.63) is 65.3 Å². The Morgan fingerprint density at radius 1 is 0.795 bits per heavy atom. The Bertz CT molecular complexity index is 1910. The van der Waals surface area contributed by atoms with Crippen LogP contribution < -0.4 is 28.7 Å². The average Bonchev–Trinajstić information content (AvgIpc) is 3.64. The number of phenolic OH excluding ortho intramolecular Hbond substituents is 1. The number of aliphatic hydroxyl groups is 3. The van der Waals surface area contributed by atoms with Gasteiger partial charge in [0.05, 0.1) is 17.8 Å².